The number of piperidine rings is 1. The molecule has 2 N–H and O–H groups in total. The van der Waals surface area contributed by atoms with E-state index in [9.17, 15) is 0 Å². The van der Waals surface area contributed by atoms with E-state index in [0.29, 0.717) is 23.8 Å². The molecule has 1 aliphatic rings. The van der Waals surface area contributed by atoms with E-state index in [1.165, 1.54) is 32.4 Å². The van der Waals surface area contributed by atoms with E-state index in [1.807, 2.05) is 12.1 Å². The van der Waals surface area contributed by atoms with E-state index in [-0.39, 0.29) is 29.5 Å². The van der Waals surface area contributed by atoms with Gasteiger partial charge in [-0.2, -0.15) is 0 Å². The third kappa shape index (κ3) is 7.37. The molecule has 172 valence electrons. The van der Waals surface area contributed by atoms with Crippen LogP contribution in [0, 0.1) is 0 Å². The average molecular weight is 534 g/mol. The summed E-state index contributed by atoms with van der Waals surface area (Å²) < 4.78 is 16.3. The van der Waals surface area contributed by atoms with Gasteiger partial charge in [-0.15, -0.1) is 24.0 Å². The third-order valence-corrected chi connectivity index (χ3v) is 5.39. The number of aliphatic imine (C=N–C) groups is 1. The molecular formula is C22H39IN4O3. The number of halogens is 1. The smallest absolute Gasteiger partial charge is 0.203 e. The Balaban J connectivity index is 0.00000450. The first-order chi connectivity index (χ1) is 13.9. The molecule has 1 aliphatic heterocycles. The maximum absolute atomic E-state index is 5.44. The standard InChI is InChI=1S/C22H38N4O3.HI/c1-7-23-21(25-16-22(2,3)26-11-9-8-10-12-26)24-15-17-13-18(27-4)20(29-6)19(14-17)28-5;/h13-14H,7-12,15-16H2,1-6H3,(H2,23,24,25);1H. The summed E-state index contributed by atoms with van der Waals surface area (Å²) in [7, 11) is 4.85. The second-order valence-corrected chi connectivity index (χ2v) is 7.94. The fraction of sp³-hybridized carbons (Fsp3) is 0.682. The van der Waals surface area contributed by atoms with Gasteiger partial charge in [0.1, 0.15) is 0 Å². The Kier molecular flexibility index (Phi) is 11.6. The summed E-state index contributed by atoms with van der Waals surface area (Å²) in [6.07, 6.45) is 3.93. The second-order valence-electron chi connectivity index (χ2n) is 7.94. The van der Waals surface area contributed by atoms with Crippen LogP contribution >= 0.6 is 24.0 Å². The number of rotatable bonds is 9. The Bertz CT molecular complexity index is 651. The molecule has 1 aromatic carbocycles. The fourth-order valence-corrected chi connectivity index (χ4v) is 3.65. The minimum atomic E-state index is 0. The Morgan fingerprint density at radius 3 is 2.10 bits per heavy atom. The highest BCUT2D eigenvalue weighted by molar-refractivity contribution is 14.0. The Morgan fingerprint density at radius 1 is 1.00 bits per heavy atom. The lowest BCUT2D eigenvalue weighted by atomic mass is 9.98. The topological polar surface area (TPSA) is 67.4 Å². The number of benzene rings is 1. The summed E-state index contributed by atoms with van der Waals surface area (Å²) in [5.74, 6) is 2.69. The molecule has 0 bridgehead atoms. The summed E-state index contributed by atoms with van der Waals surface area (Å²) in [5.41, 5.74) is 1.08. The van der Waals surface area contributed by atoms with Gasteiger partial charge in [-0.05, 0) is 64.4 Å². The Hall–Kier alpha value is -1.42. The number of nitrogens with zero attached hydrogens (tertiary/aromatic N) is 2. The highest BCUT2D eigenvalue weighted by atomic mass is 127. The predicted molar refractivity (Wildman–Crippen MR) is 134 cm³/mol. The SMILES string of the molecule is CCNC(=NCc1cc(OC)c(OC)c(OC)c1)NCC(C)(C)N1CCCCC1.I. The maximum Gasteiger partial charge on any atom is 0.203 e. The summed E-state index contributed by atoms with van der Waals surface area (Å²) >= 11 is 0. The van der Waals surface area contributed by atoms with Gasteiger partial charge in [0.15, 0.2) is 17.5 Å². The van der Waals surface area contributed by atoms with E-state index in [1.54, 1.807) is 21.3 Å². The molecule has 0 aromatic heterocycles. The molecule has 1 heterocycles. The molecule has 1 saturated heterocycles. The fourth-order valence-electron chi connectivity index (χ4n) is 3.65. The minimum Gasteiger partial charge on any atom is -0.493 e. The van der Waals surface area contributed by atoms with Crippen LogP contribution in [0.5, 0.6) is 17.2 Å². The number of hydrogen-bond donors (Lipinski definition) is 2. The first-order valence-corrected chi connectivity index (χ1v) is 10.5. The molecule has 0 aliphatic carbocycles. The van der Waals surface area contributed by atoms with Crippen LogP contribution in [-0.2, 0) is 6.54 Å². The van der Waals surface area contributed by atoms with E-state index in [4.69, 9.17) is 19.2 Å². The van der Waals surface area contributed by atoms with Crippen molar-refractivity contribution < 1.29 is 14.2 Å². The van der Waals surface area contributed by atoms with Crippen LogP contribution < -0.4 is 24.8 Å². The van der Waals surface area contributed by atoms with Crippen LogP contribution in [0.25, 0.3) is 0 Å². The summed E-state index contributed by atoms with van der Waals surface area (Å²) in [6.45, 7) is 11.2. The molecular weight excluding hydrogens is 495 g/mol. The van der Waals surface area contributed by atoms with Crippen LogP contribution in [0.2, 0.25) is 0 Å². The van der Waals surface area contributed by atoms with Gasteiger partial charge in [0.05, 0.1) is 27.9 Å². The Labute approximate surface area is 199 Å². The number of ether oxygens (including phenoxy) is 3. The quantitative estimate of drug-likeness (QED) is 0.287. The van der Waals surface area contributed by atoms with Crippen molar-refractivity contribution in [2.45, 2.75) is 52.1 Å². The second kappa shape index (κ2) is 13.1. The molecule has 1 fully saturated rings. The molecule has 0 unspecified atom stereocenters. The molecule has 0 spiro atoms. The highest BCUT2D eigenvalue weighted by Crippen LogP contribution is 2.38. The van der Waals surface area contributed by atoms with Crippen molar-refractivity contribution in [3.63, 3.8) is 0 Å². The van der Waals surface area contributed by atoms with Crippen molar-refractivity contribution in [2.75, 3.05) is 47.5 Å². The van der Waals surface area contributed by atoms with Crippen molar-refractivity contribution in [3.05, 3.63) is 17.7 Å². The zero-order valence-corrected chi connectivity index (χ0v) is 21.7. The maximum atomic E-state index is 5.44. The summed E-state index contributed by atoms with van der Waals surface area (Å²) in [4.78, 5) is 7.34. The molecule has 2 rings (SSSR count). The number of likely N-dealkylation sites (tertiary alicyclic amines) is 1. The van der Waals surface area contributed by atoms with Crippen molar-refractivity contribution >= 4 is 29.9 Å². The summed E-state index contributed by atoms with van der Waals surface area (Å²) in [6, 6.07) is 3.87. The third-order valence-electron chi connectivity index (χ3n) is 5.39. The van der Waals surface area contributed by atoms with E-state index in [2.05, 4.69) is 36.3 Å². The van der Waals surface area contributed by atoms with Gasteiger partial charge >= 0.3 is 0 Å². The molecule has 7 nitrogen and oxygen atoms in total. The lowest BCUT2D eigenvalue weighted by Gasteiger charge is -2.41. The number of hydrogen-bond acceptors (Lipinski definition) is 5. The first-order valence-electron chi connectivity index (χ1n) is 10.5. The van der Waals surface area contributed by atoms with Gasteiger partial charge in [-0.3, -0.25) is 4.90 Å². The molecule has 0 amide bonds. The van der Waals surface area contributed by atoms with Gasteiger partial charge in [0.2, 0.25) is 5.75 Å². The largest absolute Gasteiger partial charge is 0.493 e. The molecule has 1 aromatic rings. The minimum absolute atomic E-state index is 0. The van der Waals surface area contributed by atoms with Gasteiger partial charge < -0.3 is 24.8 Å². The van der Waals surface area contributed by atoms with Gasteiger partial charge in [0, 0.05) is 18.6 Å². The predicted octanol–water partition coefficient (Wildman–Crippen LogP) is 3.65. The number of methoxy groups -OCH3 is 3. The Morgan fingerprint density at radius 2 is 1.60 bits per heavy atom. The van der Waals surface area contributed by atoms with E-state index in [0.717, 1.165) is 24.6 Å². The lowest BCUT2D eigenvalue weighted by molar-refractivity contribution is 0.0982. The van der Waals surface area contributed by atoms with Crippen LogP contribution in [-0.4, -0.2) is 63.9 Å². The first kappa shape index (κ1) is 26.6. The summed E-state index contributed by atoms with van der Waals surface area (Å²) in [5, 5.41) is 6.86. The van der Waals surface area contributed by atoms with Gasteiger partial charge in [-0.1, -0.05) is 6.42 Å². The lowest BCUT2D eigenvalue weighted by Crippen LogP contribution is -2.54. The van der Waals surface area contributed by atoms with Crippen LogP contribution in [0.15, 0.2) is 17.1 Å². The number of nitrogens with one attached hydrogen (secondary N) is 2. The van der Waals surface area contributed by atoms with Gasteiger partial charge in [0.25, 0.3) is 0 Å². The van der Waals surface area contributed by atoms with E-state index >= 15 is 0 Å². The van der Waals surface area contributed by atoms with Crippen LogP contribution in [0.4, 0.5) is 0 Å². The normalized spacial score (nSPS) is 15.2. The van der Waals surface area contributed by atoms with E-state index < -0.39 is 0 Å². The van der Waals surface area contributed by atoms with Crippen molar-refractivity contribution in [2.24, 2.45) is 4.99 Å². The average Bonchev–Trinajstić information content (AvgIpc) is 2.75. The van der Waals surface area contributed by atoms with Crippen molar-refractivity contribution in [1.82, 2.24) is 15.5 Å². The molecule has 8 heteroatoms. The van der Waals surface area contributed by atoms with Crippen molar-refractivity contribution in [3.8, 4) is 17.2 Å². The molecule has 0 radical (unpaired) electrons. The molecule has 0 atom stereocenters. The number of guanidine groups is 1. The zero-order chi connectivity index (χ0) is 21.3. The van der Waals surface area contributed by atoms with Crippen LogP contribution in [0.3, 0.4) is 0 Å². The van der Waals surface area contributed by atoms with Gasteiger partial charge in [-0.25, -0.2) is 4.99 Å². The van der Waals surface area contributed by atoms with Crippen LogP contribution in [0.1, 0.15) is 45.6 Å². The monoisotopic (exact) mass is 534 g/mol. The molecule has 30 heavy (non-hydrogen) atoms. The highest BCUT2D eigenvalue weighted by Gasteiger charge is 2.27. The van der Waals surface area contributed by atoms with Crippen molar-refractivity contribution in [1.29, 1.82) is 0 Å². The molecule has 0 saturated carbocycles. The zero-order valence-electron chi connectivity index (χ0n) is 19.3.